The summed E-state index contributed by atoms with van der Waals surface area (Å²) in [6.45, 7) is 2.32. The fourth-order valence-electron chi connectivity index (χ4n) is 1.15. The van der Waals surface area contributed by atoms with Gasteiger partial charge in [0.1, 0.15) is 5.75 Å². The van der Waals surface area contributed by atoms with Crippen LogP contribution in [0.2, 0.25) is 5.02 Å². The van der Waals surface area contributed by atoms with Crippen LogP contribution in [0.5, 0.6) is 0 Å². The van der Waals surface area contributed by atoms with Crippen LogP contribution in [0.4, 0.5) is 5.69 Å². The number of nitrogens with one attached hydrogen (secondary N) is 1. The molecule has 0 heterocycles. The highest BCUT2D eigenvalue weighted by Crippen LogP contribution is 2.22. The first-order chi connectivity index (χ1) is 7.54. The highest BCUT2D eigenvalue weighted by molar-refractivity contribution is 7.85. The van der Waals surface area contributed by atoms with Gasteiger partial charge in [-0.05, 0) is 25.1 Å². The zero-order chi connectivity index (χ0) is 12.1. The van der Waals surface area contributed by atoms with E-state index in [-0.39, 0.29) is 11.7 Å². The highest BCUT2D eigenvalue weighted by Gasteiger charge is 2.12. The lowest BCUT2D eigenvalue weighted by Crippen LogP contribution is -2.27. The van der Waals surface area contributed by atoms with Crippen LogP contribution in [0.1, 0.15) is 6.92 Å². The molecular weight excluding hydrogens is 248 g/mol. The number of rotatable bonds is 4. The number of carbonyl (C=O) groups excluding carboxylic acids is 1. The number of hydrogen-bond acceptors (Lipinski definition) is 3. The Morgan fingerprint density at radius 1 is 1.56 bits per heavy atom. The zero-order valence-electron chi connectivity index (χ0n) is 8.83. The first-order valence-electron chi connectivity index (χ1n) is 4.74. The molecule has 3 N–H and O–H groups in total. The van der Waals surface area contributed by atoms with Gasteiger partial charge in [0.2, 0.25) is 5.91 Å². The van der Waals surface area contributed by atoms with Gasteiger partial charge >= 0.3 is 0 Å². The van der Waals surface area contributed by atoms with Crippen LogP contribution in [0.25, 0.3) is 0 Å². The molecule has 1 rings (SSSR count). The van der Waals surface area contributed by atoms with Gasteiger partial charge in [0.15, 0.2) is 0 Å². The Kier molecular flexibility index (Phi) is 4.76. The van der Waals surface area contributed by atoms with Crippen LogP contribution in [0.3, 0.4) is 0 Å². The van der Waals surface area contributed by atoms with E-state index < -0.39 is 10.8 Å². The van der Waals surface area contributed by atoms with E-state index >= 15 is 0 Å². The molecule has 1 amide bonds. The van der Waals surface area contributed by atoms with Gasteiger partial charge in [0.25, 0.3) is 0 Å². The number of hydrogen-bond donors (Lipinski definition) is 2. The maximum atomic E-state index is 11.8. The highest BCUT2D eigenvalue weighted by atomic mass is 35.5. The summed E-state index contributed by atoms with van der Waals surface area (Å²) in [4.78, 5) is 11.7. The maximum Gasteiger partial charge on any atom is 0.232 e. The summed E-state index contributed by atoms with van der Waals surface area (Å²) in [6, 6.07) is 4.70. The molecule has 1 aromatic carbocycles. The van der Waals surface area contributed by atoms with Crippen molar-refractivity contribution in [2.45, 2.75) is 11.8 Å². The molecule has 0 aromatic heterocycles. The monoisotopic (exact) mass is 260 g/mol. The van der Waals surface area contributed by atoms with Crippen molar-refractivity contribution in [1.29, 1.82) is 0 Å². The van der Waals surface area contributed by atoms with Crippen molar-refractivity contribution in [2.75, 3.05) is 18.0 Å². The summed E-state index contributed by atoms with van der Waals surface area (Å²) < 4.78 is 11.8. The number of benzene rings is 1. The van der Waals surface area contributed by atoms with Gasteiger partial charge in [-0.15, -0.1) is 0 Å². The van der Waals surface area contributed by atoms with E-state index in [1.807, 2.05) is 0 Å². The lowest BCUT2D eigenvalue weighted by Gasteiger charge is -2.05. The van der Waals surface area contributed by atoms with Crippen molar-refractivity contribution in [3.8, 4) is 0 Å². The quantitative estimate of drug-likeness (QED) is 0.798. The molecule has 0 bridgehead atoms. The molecule has 1 atom stereocenters. The van der Waals surface area contributed by atoms with Gasteiger partial charge < -0.3 is 11.1 Å². The number of halogens is 1. The lowest BCUT2D eigenvalue weighted by atomic mass is 10.3. The molecular formula is C10H13ClN2O2S. The predicted molar refractivity (Wildman–Crippen MR) is 65.8 cm³/mol. The molecule has 1 aromatic rings. The number of nitrogen functional groups attached to an aromatic ring is 1. The first kappa shape index (κ1) is 13.0. The summed E-state index contributed by atoms with van der Waals surface area (Å²) in [5.41, 5.74) is 6.02. The third kappa shape index (κ3) is 3.50. The third-order valence-electron chi connectivity index (χ3n) is 1.84. The second-order valence-corrected chi connectivity index (χ2v) is 4.96. The Morgan fingerprint density at radius 2 is 2.25 bits per heavy atom. The molecule has 0 spiro atoms. The van der Waals surface area contributed by atoms with Crippen molar-refractivity contribution in [2.24, 2.45) is 0 Å². The Hall–Kier alpha value is -1.07. The Bertz CT molecular complexity index is 423. The van der Waals surface area contributed by atoms with E-state index in [0.29, 0.717) is 22.2 Å². The van der Waals surface area contributed by atoms with Crippen LogP contribution < -0.4 is 11.1 Å². The van der Waals surface area contributed by atoms with Crippen molar-refractivity contribution >= 4 is 34.0 Å². The standard InChI is InChI=1S/C10H13ClN2O2S/c1-2-13-10(14)6-16(15)9-4-3-7(12)5-8(9)11/h3-5H,2,6,12H2,1H3,(H,13,14). The van der Waals surface area contributed by atoms with Gasteiger partial charge in [-0.3, -0.25) is 9.00 Å². The second-order valence-electron chi connectivity index (χ2n) is 3.13. The summed E-state index contributed by atoms with van der Waals surface area (Å²) in [6.07, 6.45) is 0. The number of amides is 1. The van der Waals surface area contributed by atoms with E-state index in [2.05, 4.69) is 5.32 Å². The fraction of sp³-hybridized carbons (Fsp3) is 0.300. The van der Waals surface area contributed by atoms with Crippen LogP contribution >= 0.6 is 11.6 Å². The van der Waals surface area contributed by atoms with Gasteiger partial charge in [0.05, 0.1) is 20.7 Å². The largest absolute Gasteiger partial charge is 0.399 e. The summed E-state index contributed by atoms with van der Waals surface area (Å²) >= 11 is 5.88. The molecule has 0 saturated carbocycles. The molecule has 0 aliphatic heterocycles. The van der Waals surface area contributed by atoms with Gasteiger partial charge in [0, 0.05) is 12.2 Å². The molecule has 0 saturated heterocycles. The minimum Gasteiger partial charge on any atom is -0.399 e. The molecule has 6 heteroatoms. The van der Waals surface area contributed by atoms with E-state index in [0.717, 1.165) is 0 Å². The third-order valence-corrected chi connectivity index (χ3v) is 3.63. The van der Waals surface area contributed by atoms with E-state index in [1.54, 1.807) is 19.1 Å². The molecule has 88 valence electrons. The van der Waals surface area contributed by atoms with Gasteiger partial charge in [-0.2, -0.15) is 0 Å². The first-order valence-corrected chi connectivity index (χ1v) is 6.44. The average molecular weight is 261 g/mol. The second kappa shape index (κ2) is 5.86. The number of carbonyl (C=O) groups is 1. The summed E-state index contributed by atoms with van der Waals surface area (Å²) in [7, 11) is -1.43. The normalized spacial score (nSPS) is 12.1. The number of nitrogens with two attached hydrogens (primary N) is 1. The average Bonchev–Trinajstić information content (AvgIpc) is 2.17. The molecule has 1 unspecified atom stereocenters. The van der Waals surface area contributed by atoms with Crippen molar-refractivity contribution < 1.29 is 9.00 Å². The molecule has 0 aliphatic rings. The van der Waals surface area contributed by atoms with Gasteiger partial charge in [-0.1, -0.05) is 11.6 Å². The SMILES string of the molecule is CCNC(=O)CS(=O)c1ccc(N)cc1Cl. The topological polar surface area (TPSA) is 72.2 Å². The lowest BCUT2D eigenvalue weighted by molar-refractivity contribution is -0.118. The maximum absolute atomic E-state index is 11.8. The smallest absolute Gasteiger partial charge is 0.232 e. The zero-order valence-corrected chi connectivity index (χ0v) is 10.4. The fourth-order valence-corrected chi connectivity index (χ4v) is 2.59. The molecule has 0 fully saturated rings. The van der Waals surface area contributed by atoms with Crippen molar-refractivity contribution in [3.05, 3.63) is 23.2 Å². The summed E-state index contributed by atoms with van der Waals surface area (Å²) in [5.74, 6) is -0.342. The Balaban J connectivity index is 2.77. The minimum absolute atomic E-state index is 0.0858. The molecule has 0 radical (unpaired) electrons. The number of anilines is 1. The van der Waals surface area contributed by atoms with Crippen LogP contribution in [-0.4, -0.2) is 22.4 Å². The van der Waals surface area contributed by atoms with Crippen LogP contribution in [0, 0.1) is 0 Å². The molecule has 16 heavy (non-hydrogen) atoms. The molecule has 0 aliphatic carbocycles. The summed E-state index contributed by atoms with van der Waals surface area (Å²) in [5, 5.41) is 2.90. The Morgan fingerprint density at radius 3 is 2.81 bits per heavy atom. The van der Waals surface area contributed by atoms with Crippen LogP contribution in [-0.2, 0) is 15.6 Å². The van der Waals surface area contributed by atoms with Crippen LogP contribution in [0.15, 0.2) is 23.1 Å². The van der Waals surface area contributed by atoms with Gasteiger partial charge in [-0.25, -0.2) is 0 Å². The minimum atomic E-state index is -1.43. The predicted octanol–water partition coefficient (Wildman–Crippen LogP) is 1.17. The van der Waals surface area contributed by atoms with Crippen molar-refractivity contribution in [3.63, 3.8) is 0 Å². The van der Waals surface area contributed by atoms with Crippen molar-refractivity contribution in [1.82, 2.24) is 5.32 Å². The Labute approximate surface area is 102 Å². The van der Waals surface area contributed by atoms with E-state index in [4.69, 9.17) is 17.3 Å². The van der Waals surface area contributed by atoms with E-state index in [9.17, 15) is 9.00 Å². The van der Waals surface area contributed by atoms with E-state index in [1.165, 1.54) is 6.07 Å². The molecule has 4 nitrogen and oxygen atoms in total.